The van der Waals surface area contributed by atoms with Crippen molar-refractivity contribution in [3.05, 3.63) is 113 Å². The van der Waals surface area contributed by atoms with Crippen molar-refractivity contribution in [3.63, 3.8) is 0 Å². The van der Waals surface area contributed by atoms with Gasteiger partial charge in [-0.05, 0) is 71.4 Å². The highest BCUT2D eigenvalue weighted by Gasteiger charge is 2.41. The van der Waals surface area contributed by atoms with Crippen molar-refractivity contribution in [1.82, 2.24) is 0 Å². The number of anilines is 2. The number of rotatable bonds is 17. The lowest BCUT2D eigenvalue weighted by atomic mass is 9.76. The number of thioether (sulfide) groups is 1. The number of fused-ring (bicyclic) bond motifs is 1. The summed E-state index contributed by atoms with van der Waals surface area (Å²) < 4.78 is 18.5. The average Bonchev–Trinajstić information content (AvgIpc) is 3.55. The van der Waals surface area contributed by atoms with Gasteiger partial charge in [0.25, 0.3) is 5.91 Å². The molecule has 0 saturated heterocycles. The first-order valence-corrected chi connectivity index (χ1v) is 19.7. The molecule has 0 aliphatic carbocycles. The SMILES string of the molecule is CCC(C)(C)c1cc(C(C)(C)CC)c(OCc2ccccc2)cc1OCC(=O)C1Cc2ccccc2N1C(SC)C(=O)Nc1cc(C(=O)O)ccc1OC. The number of carboxylic acid groups (broad SMARTS) is 1. The summed E-state index contributed by atoms with van der Waals surface area (Å²) in [5.41, 5.74) is 4.68. The van der Waals surface area contributed by atoms with Crippen LogP contribution in [0.15, 0.2) is 84.9 Å². The largest absolute Gasteiger partial charge is 0.495 e. The second-order valence-electron chi connectivity index (χ2n) is 14.9. The molecule has 10 heteroatoms. The van der Waals surface area contributed by atoms with Crippen LogP contribution in [-0.2, 0) is 33.4 Å². The van der Waals surface area contributed by atoms with E-state index < -0.39 is 23.3 Å². The number of nitrogens with zero attached hydrogens (tertiary/aromatic N) is 1. The van der Waals surface area contributed by atoms with E-state index >= 15 is 0 Å². The fourth-order valence-corrected chi connectivity index (χ4v) is 7.43. The zero-order chi connectivity index (χ0) is 39.2. The van der Waals surface area contributed by atoms with Gasteiger partial charge in [-0.15, -0.1) is 11.8 Å². The van der Waals surface area contributed by atoms with Gasteiger partial charge in [-0.2, -0.15) is 0 Å². The molecule has 4 aromatic carbocycles. The van der Waals surface area contributed by atoms with E-state index in [9.17, 15) is 19.5 Å². The third kappa shape index (κ3) is 8.70. The van der Waals surface area contributed by atoms with Gasteiger partial charge in [0.2, 0.25) is 0 Å². The van der Waals surface area contributed by atoms with Gasteiger partial charge in [0.05, 0.1) is 24.4 Å². The fraction of sp³-hybridized carbons (Fsp3) is 0.386. The summed E-state index contributed by atoms with van der Waals surface area (Å²) >= 11 is 1.29. The molecule has 4 aromatic rings. The van der Waals surface area contributed by atoms with Crippen molar-refractivity contribution in [2.75, 3.05) is 30.2 Å². The Kier molecular flexibility index (Phi) is 12.7. The number of amides is 1. The molecule has 0 aromatic heterocycles. The first kappa shape index (κ1) is 40.2. The van der Waals surface area contributed by atoms with Crippen LogP contribution in [-0.4, -0.2) is 54.2 Å². The Morgan fingerprint density at radius 3 is 2.09 bits per heavy atom. The Morgan fingerprint density at radius 2 is 1.48 bits per heavy atom. The van der Waals surface area contributed by atoms with Gasteiger partial charge < -0.3 is 29.5 Å². The van der Waals surface area contributed by atoms with Crippen LogP contribution >= 0.6 is 11.8 Å². The fourth-order valence-electron chi connectivity index (χ4n) is 6.67. The summed E-state index contributed by atoms with van der Waals surface area (Å²) in [5, 5.41) is 11.6. The number of methoxy groups -OCH3 is 1. The summed E-state index contributed by atoms with van der Waals surface area (Å²) in [5.74, 6) is -0.0746. The predicted molar refractivity (Wildman–Crippen MR) is 217 cm³/mol. The maximum absolute atomic E-state index is 14.4. The molecule has 2 unspecified atom stereocenters. The minimum atomic E-state index is -1.13. The number of para-hydroxylation sites is 1. The molecule has 0 fully saturated rings. The number of hydrogen-bond donors (Lipinski definition) is 2. The Morgan fingerprint density at radius 1 is 0.852 bits per heavy atom. The molecule has 2 N–H and O–H groups in total. The number of benzene rings is 4. The van der Waals surface area contributed by atoms with Gasteiger partial charge in [0.1, 0.15) is 30.5 Å². The lowest BCUT2D eigenvalue weighted by Crippen LogP contribution is -2.50. The first-order chi connectivity index (χ1) is 25.7. The molecule has 9 nitrogen and oxygen atoms in total. The van der Waals surface area contributed by atoms with E-state index in [2.05, 4.69) is 52.9 Å². The van der Waals surface area contributed by atoms with Crippen LogP contribution in [0.1, 0.15) is 87.0 Å². The van der Waals surface area contributed by atoms with E-state index in [0.717, 1.165) is 46.5 Å². The van der Waals surface area contributed by atoms with E-state index in [0.29, 0.717) is 24.5 Å². The predicted octanol–water partition coefficient (Wildman–Crippen LogP) is 9.05. The van der Waals surface area contributed by atoms with Gasteiger partial charge in [-0.1, -0.05) is 90.1 Å². The molecule has 0 saturated carbocycles. The number of carbonyl (C=O) groups excluding carboxylic acids is 2. The highest BCUT2D eigenvalue weighted by molar-refractivity contribution is 8.00. The van der Waals surface area contributed by atoms with E-state index in [1.165, 1.54) is 37.1 Å². The molecule has 0 bridgehead atoms. The molecular weight excluding hydrogens is 701 g/mol. The molecular formula is C44H52N2O7S. The topological polar surface area (TPSA) is 114 Å². The standard InChI is InChI=1S/C44H52N2O7S/c1-9-43(3,4)31-24-32(44(5,6)10-2)39(25-38(31)52-26-28-16-12-11-13-17-28)53-27-36(47)35-23-29-18-14-15-19-34(29)46(35)41(54-8)40(48)45-33-22-30(42(49)50)20-21-37(33)51-7/h11-22,24-25,35,41H,9-10,23,26-27H2,1-8H3,(H,45,48)(H,49,50). The van der Waals surface area contributed by atoms with Crippen molar-refractivity contribution in [1.29, 1.82) is 0 Å². The molecule has 5 rings (SSSR count). The quantitative estimate of drug-likeness (QED) is 0.109. The smallest absolute Gasteiger partial charge is 0.335 e. The molecule has 1 amide bonds. The highest BCUT2D eigenvalue weighted by atomic mass is 32.2. The Labute approximate surface area is 323 Å². The van der Waals surface area contributed by atoms with E-state index in [4.69, 9.17) is 14.2 Å². The van der Waals surface area contributed by atoms with Crippen LogP contribution in [0.25, 0.3) is 0 Å². The molecule has 54 heavy (non-hydrogen) atoms. The molecule has 0 radical (unpaired) electrons. The number of Topliss-reactive ketones (excluding diaryl/α,β-unsaturated/α-hetero) is 1. The third-order valence-corrected chi connectivity index (χ3v) is 11.6. The van der Waals surface area contributed by atoms with Gasteiger partial charge in [0.15, 0.2) is 11.2 Å². The number of carbonyl (C=O) groups is 3. The zero-order valence-corrected chi connectivity index (χ0v) is 33.3. The number of aromatic carboxylic acids is 1. The minimum Gasteiger partial charge on any atom is -0.495 e. The second kappa shape index (κ2) is 17.0. The maximum Gasteiger partial charge on any atom is 0.335 e. The van der Waals surface area contributed by atoms with Gasteiger partial charge >= 0.3 is 5.97 Å². The van der Waals surface area contributed by atoms with Gasteiger partial charge in [-0.3, -0.25) is 9.59 Å². The molecule has 1 heterocycles. The lowest BCUT2D eigenvalue weighted by molar-refractivity contribution is -0.122. The summed E-state index contributed by atoms with van der Waals surface area (Å²) in [4.78, 5) is 42.0. The molecule has 286 valence electrons. The molecule has 1 aliphatic rings. The van der Waals surface area contributed by atoms with Crippen molar-refractivity contribution in [2.45, 2.75) is 89.7 Å². The summed E-state index contributed by atoms with van der Waals surface area (Å²) in [6, 6.07) is 25.5. The van der Waals surface area contributed by atoms with Crippen molar-refractivity contribution >= 4 is 40.8 Å². The lowest BCUT2D eigenvalue weighted by Gasteiger charge is -2.34. The van der Waals surface area contributed by atoms with Crippen LogP contribution in [0.5, 0.6) is 17.2 Å². The summed E-state index contributed by atoms with van der Waals surface area (Å²) in [6.45, 7) is 13.3. The number of ketones is 1. The van der Waals surface area contributed by atoms with Crippen molar-refractivity contribution in [3.8, 4) is 17.2 Å². The summed E-state index contributed by atoms with van der Waals surface area (Å²) in [6.07, 6.45) is 3.97. The van der Waals surface area contributed by atoms with Gasteiger partial charge in [0, 0.05) is 29.3 Å². The Hall–Kier alpha value is -4.96. The number of carboxylic acids is 1. The Balaban J connectivity index is 1.47. The van der Waals surface area contributed by atoms with Crippen molar-refractivity contribution in [2.24, 2.45) is 0 Å². The van der Waals surface area contributed by atoms with E-state index in [-0.39, 0.29) is 34.5 Å². The highest BCUT2D eigenvalue weighted by Crippen LogP contribution is 2.44. The average molecular weight is 753 g/mol. The zero-order valence-electron chi connectivity index (χ0n) is 32.5. The van der Waals surface area contributed by atoms with Crippen LogP contribution in [0.4, 0.5) is 11.4 Å². The number of hydrogen-bond acceptors (Lipinski definition) is 8. The van der Waals surface area contributed by atoms with Crippen molar-refractivity contribution < 1.29 is 33.7 Å². The van der Waals surface area contributed by atoms with Crippen LogP contribution < -0.4 is 24.4 Å². The van der Waals surface area contributed by atoms with Gasteiger partial charge in [-0.25, -0.2) is 4.79 Å². The second-order valence-corrected chi connectivity index (χ2v) is 15.8. The van der Waals surface area contributed by atoms with E-state index in [1.807, 2.05) is 71.8 Å². The maximum atomic E-state index is 14.4. The minimum absolute atomic E-state index is 0.00839. The first-order valence-electron chi connectivity index (χ1n) is 18.4. The normalized spacial score (nSPS) is 14.6. The van der Waals surface area contributed by atoms with Crippen LogP contribution in [0.3, 0.4) is 0 Å². The van der Waals surface area contributed by atoms with E-state index in [1.54, 1.807) is 0 Å². The molecule has 1 aliphatic heterocycles. The van der Waals surface area contributed by atoms with Crippen LogP contribution in [0, 0.1) is 0 Å². The summed E-state index contributed by atoms with van der Waals surface area (Å²) in [7, 11) is 1.45. The number of nitrogens with one attached hydrogen (secondary N) is 1. The molecule has 0 spiro atoms. The monoisotopic (exact) mass is 752 g/mol. The van der Waals surface area contributed by atoms with Crippen LogP contribution in [0.2, 0.25) is 0 Å². The Bertz CT molecular complexity index is 1980. The molecule has 2 atom stereocenters. The number of ether oxygens (including phenoxy) is 3. The third-order valence-electron chi connectivity index (χ3n) is 10.7.